The van der Waals surface area contributed by atoms with Crippen LogP contribution < -0.4 is 4.74 Å². The van der Waals surface area contributed by atoms with Gasteiger partial charge < -0.3 is 14.2 Å². The van der Waals surface area contributed by atoms with E-state index in [-0.39, 0.29) is 6.29 Å². The zero-order valence-corrected chi connectivity index (χ0v) is 11.5. The van der Waals surface area contributed by atoms with Crippen LogP contribution in [0, 0.1) is 0 Å². The molecule has 0 bridgehead atoms. The Kier molecular flexibility index (Phi) is 5.57. The van der Waals surface area contributed by atoms with Crippen molar-refractivity contribution in [2.24, 2.45) is 0 Å². The van der Waals surface area contributed by atoms with Crippen LogP contribution in [0.25, 0.3) is 0 Å². The SMILES string of the molecule is Clc1ccc(OCCOC2CCCCO2)c(Cl)c1. The fourth-order valence-corrected chi connectivity index (χ4v) is 2.23. The third-order valence-corrected chi connectivity index (χ3v) is 3.21. The van der Waals surface area contributed by atoms with Crippen LogP contribution in [0.3, 0.4) is 0 Å². The van der Waals surface area contributed by atoms with Crippen molar-refractivity contribution in [1.29, 1.82) is 0 Å². The summed E-state index contributed by atoms with van der Waals surface area (Å²) in [6.45, 7) is 1.72. The van der Waals surface area contributed by atoms with Gasteiger partial charge in [0.2, 0.25) is 0 Å². The molecule has 1 fully saturated rings. The number of benzene rings is 1. The van der Waals surface area contributed by atoms with E-state index in [1.165, 1.54) is 0 Å². The number of rotatable bonds is 5. The standard InChI is InChI=1S/C13H16Cl2O3/c14-10-4-5-12(11(15)9-10)16-7-8-18-13-3-1-2-6-17-13/h4-5,9,13H,1-3,6-8H2. The van der Waals surface area contributed by atoms with Gasteiger partial charge in [0.25, 0.3) is 0 Å². The molecule has 100 valence electrons. The fourth-order valence-electron chi connectivity index (χ4n) is 1.77. The lowest BCUT2D eigenvalue weighted by Gasteiger charge is -2.22. The minimum Gasteiger partial charge on any atom is -0.490 e. The van der Waals surface area contributed by atoms with Crippen LogP contribution in [-0.4, -0.2) is 26.1 Å². The molecule has 1 saturated heterocycles. The average Bonchev–Trinajstić information content (AvgIpc) is 2.38. The molecule has 1 atom stereocenters. The van der Waals surface area contributed by atoms with Crippen LogP contribution in [-0.2, 0) is 9.47 Å². The molecule has 1 aliphatic rings. The van der Waals surface area contributed by atoms with Gasteiger partial charge >= 0.3 is 0 Å². The van der Waals surface area contributed by atoms with Crippen LogP contribution in [0.1, 0.15) is 19.3 Å². The van der Waals surface area contributed by atoms with Crippen molar-refractivity contribution < 1.29 is 14.2 Å². The molecule has 0 spiro atoms. The molecule has 1 aromatic rings. The Morgan fingerprint density at radius 1 is 1.22 bits per heavy atom. The highest BCUT2D eigenvalue weighted by molar-refractivity contribution is 6.35. The predicted octanol–water partition coefficient (Wildman–Crippen LogP) is 3.92. The van der Waals surface area contributed by atoms with E-state index < -0.39 is 0 Å². The smallest absolute Gasteiger partial charge is 0.157 e. The summed E-state index contributed by atoms with van der Waals surface area (Å²) >= 11 is 11.8. The number of ether oxygens (including phenoxy) is 3. The minimum absolute atomic E-state index is 0.0805. The summed E-state index contributed by atoms with van der Waals surface area (Å²) in [5.74, 6) is 0.620. The Hall–Kier alpha value is -0.480. The van der Waals surface area contributed by atoms with E-state index in [1.54, 1.807) is 18.2 Å². The molecule has 1 unspecified atom stereocenters. The third kappa shape index (κ3) is 4.32. The van der Waals surface area contributed by atoms with E-state index in [9.17, 15) is 0 Å². The average molecular weight is 291 g/mol. The highest BCUT2D eigenvalue weighted by Gasteiger charge is 2.13. The molecule has 1 aliphatic heterocycles. The molecule has 1 heterocycles. The zero-order valence-electron chi connectivity index (χ0n) is 10.0. The van der Waals surface area contributed by atoms with Gasteiger partial charge in [-0.2, -0.15) is 0 Å². The first-order valence-corrected chi connectivity index (χ1v) is 6.82. The second-order valence-corrected chi connectivity index (χ2v) is 4.93. The van der Waals surface area contributed by atoms with E-state index in [4.69, 9.17) is 37.4 Å². The molecule has 0 aromatic heterocycles. The molecule has 0 radical (unpaired) electrons. The second-order valence-electron chi connectivity index (χ2n) is 4.09. The summed E-state index contributed by atoms with van der Waals surface area (Å²) in [6, 6.07) is 5.15. The molecule has 0 amide bonds. The number of halogens is 2. The summed E-state index contributed by atoms with van der Waals surface area (Å²) in [7, 11) is 0. The van der Waals surface area contributed by atoms with Crippen LogP contribution in [0.5, 0.6) is 5.75 Å². The van der Waals surface area contributed by atoms with Crippen molar-refractivity contribution in [3.8, 4) is 5.75 Å². The van der Waals surface area contributed by atoms with Crippen LogP contribution >= 0.6 is 23.2 Å². The van der Waals surface area contributed by atoms with Crippen molar-refractivity contribution >= 4 is 23.2 Å². The molecule has 0 saturated carbocycles. The summed E-state index contributed by atoms with van der Waals surface area (Å²) in [6.07, 6.45) is 3.16. The lowest BCUT2D eigenvalue weighted by molar-refractivity contribution is -0.165. The highest BCUT2D eigenvalue weighted by atomic mass is 35.5. The highest BCUT2D eigenvalue weighted by Crippen LogP contribution is 2.27. The summed E-state index contributed by atoms with van der Waals surface area (Å²) in [4.78, 5) is 0. The Labute approximate surface area is 117 Å². The molecule has 3 nitrogen and oxygen atoms in total. The maximum atomic E-state index is 5.98. The predicted molar refractivity (Wildman–Crippen MR) is 71.5 cm³/mol. The maximum Gasteiger partial charge on any atom is 0.157 e. The van der Waals surface area contributed by atoms with Crippen molar-refractivity contribution in [2.75, 3.05) is 19.8 Å². The summed E-state index contributed by atoms with van der Waals surface area (Å²) in [5.41, 5.74) is 0. The van der Waals surface area contributed by atoms with Gasteiger partial charge in [0.15, 0.2) is 6.29 Å². The largest absolute Gasteiger partial charge is 0.490 e. The first-order chi connectivity index (χ1) is 8.75. The van der Waals surface area contributed by atoms with Crippen molar-refractivity contribution in [3.63, 3.8) is 0 Å². The van der Waals surface area contributed by atoms with E-state index in [0.717, 1.165) is 25.9 Å². The number of hydrogen-bond acceptors (Lipinski definition) is 3. The Bertz CT molecular complexity index is 378. The van der Waals surface area contributed by atoms with Gasteiger partial charge in [-0.15, -0.1) is 0 Å². The minimum atomic E-state index is -0.0805. The maximum absolute atomic E-state index is 5.98. The summed E-state index contributed by atoms with van der Waals surface area (Å²) < 4.78 is 16.5. The molecule has 18 heavy (non-hydrogen) atoms. The van der Waals surface area contributed by atoms with Crippen molar-refractivity contribution in [2.45, 2.75) is 25.6 Å². The Balaban J connectivity index is 1.68. The monoisotopic (exact) mass is 290 g/mol. The van der Waals surface area contributed by atoms with E-state index >= 15 is 0 Å². The third-order valence-electron chi connectivity index (χ3n) is 2.68. The quantitative estimate of drug-likeness (QED) is 0.770. The molecule has 5 heteroatoms. The van der Waals surface area contributed by atoms with Crippen LogP contribution in [0.4, 0.5) is 0 Å². The van der Waals surface area contributed by atoms with Crippen molar-refractivity contribution in [3.05, 3.63) is 28.2 Å². The van der Waals surface area contributed by atoms with Crippen LogP contribution in [0.15, 0.2) is 18.2 Å². The normalized spacial score (nSPS) is 19.8. The van der Waals surface area contributed by atoms with Gasteiger partial charge in [0.1, 0.15) is 12.4 Å². The fraction of sp³-hybridized carbons (Fsp3) is 0.538. The van der Waals surface area contributed by atoms with E-state index in [2.05, 4.69) is 0 Å². The first-order valence-electron chi connectivity index (χ1n) is 6.07. The molecule has 0 N–H and O–H groups in total. The van der Waals surface area contributed by atoms with E-state index in [1.807, 2.05) is 0 Å². The van der Waals surface area contributed by atoms with Gasteiger partial charge in [0, 0.05) is 11.6 Å². The molecule has 1 aromatic carbocycles. The zero-order chi connectivity index (χ0) is 12.8. The van der Waals surface area contributed by atoms with Crippen molar-refractivity contribution in [1.82, 2.24) is 0 Å². The molecular formula is C13H16Cl2O3. The lowest BCUT2D eigenvalue weighted by Crippen LogP contribution is -2.24. The molecular weight excluding hydrogens is 275 g/mol. The molecule has 0 aliphatic carbocycles. The molecule has 2 rings (SSSR count). The van der Waals surface area contributed by atoms with Crippen LogP contribution in [0.2, 0.25) is 10.0 Å². The van der Waals surface area contributed by atoms with Gasteiger partial charge in [-0.25, -0.2) is 0 Å². The Morgan fingerprint density at radius 3 is 2.83 bits per heavy atom. The second kappa shape index (κ2) is 7.19. The van der Waals surface area contributed by atoms with Gasteiger partial charge in [-0.3, -0.25) is 0 Å². The Morgan fingerprint density at radius 2 is 2.11 bits per heavy atom. The first kappa shape index (κ1) is 13.9. The van der Waals surface area contributed by atoms with Gasteiger partial charge in [-0.1, -0.05) is 23.2 Å². The summed E-state index contributed by atoms with van der Waals surface area (Å²) in [5, 5.41) is 1.11. The van der Waals surface area contributed by atoms with E-state index in [0.29, 0.717) is 29.0 Å². The van der Waals surface area contributed by atoms with Gasteiger partial charge in [-0.05, 0) is 37.5 Å². The van der Waals surface area contributed by atoms with Gasteiger partial charge in [0.05, 0.1) is 11.6 Å². The number of hydrogen-bond donors (Lipinski definition) is 0. The lowest BCUT2D eigenvalue weighted by atomic mass is 10.2. The topological polar surface area (TPSA) is 27.7 Å².